The predicted octanol–water partition coefficient (Wildman–Crippen LogP) is 13.2. The number of benzene rings is 8. The molecule has 10 rings (SSSR count). The third kappa shape index (κ3) is 4.87. The van der Waals surface area contributed by atoms with Crippen LogP contribution >= 0.6 is 0 Å². The molecule has 0 saturated carbocycles. The van der Waals surface area contributed by atoms with Crippen molar-refractivity contribution in [2.24, 2.45) is 0 Å². The minimum absolute atomic E-state index is 1.15. The maximum Gasteiger partial charge on any atom is 0.0541 e. The third-order valence-electron chi connectivity index (χ3n) is 10.4. The van der Waals surface area contributed by atoms with E-state index in [0.717, 1.165) is 5.69 Å². The van der Waals surface area contributed by atoms with Crippen LogP contribution in [0, 0.1) is 6.92 Å². The van der Waals surface area contributed by atoms with Crippen molar-refractivity contribution in [3.05, 3.63) is 194 Å². The molecule has 8 aromatic carbocycles. The minimum atomic E-state index is 1.15. The molecule has 0 radical (unpaired) electrons. The summed E-state index contributed by atoms with van der Waals surface area (Å²) in [5.41, 5.74) is 15.8. The van der Waals surface area contributed by atoms with Crippen molar-refractivity contribution in [3.8, 4) is 44.8 Å². The first-order chi connectivity index (χ1) is 25.2. The number of para-hydroxylation sites is 2. The Bertz CT molecular complexity index is 2890. The molecule has 51 heavy (non-hydrogen) atoms. The highest BCUT2D eigenvalue weighted by molar-refractivity contribution is 6.12. The first kappa shape index (κ1) is 29.3. The first-order valence-electron chi connectivity index (χ1n) is 17.6. The van der Waals surface area contributed by atoms with Gasteiger partial charge in [0.05, 0.1) is 22.1 Å². The van der Waals surface area contributed by atoms with Gasteiger partial charge in [0.25, 0.3) is 0 Å². The van der Waals surface area contributed by atoms with Gasteiger partial charge in [-0.15, -0.1) is 0 Å². The molecular formula is C49H34N2. The second-order valence-corrected chi connectivity index (χ2v) is 13.5. The Morgan fingerprint density at radius 2 is 0.667 bits per heavy atom. The summed E-state index contributed by atoms with van der Waals surface area (Å²) >= 11 is 0. The van der Waals surface area contributed by atoms with Gasteiger partial charge in [-0.2, -0.15) is 0 Å². The van der Waals surface area contributed by atoms with Gasteiger partial charge in [-0.1, -0.05) is 127 Å². The van der Waals surface area contributed by atoms with Gasteiger partial charge in [-0.25, -0.2) is 0 Å². The van der Waals surface area contributed by atoms with Gasteiger partial charge in [-0.05, 0) is 107 Å². The minimum Gasteiger partial charge on any atom is -0.309 e. The monoisotopic (exact) mass is 650 g/mol. The number of nitrogens with zero attached hydrogens (tertiary/aromatic N) is 2. The molecule has 2 heterocycles. The first-order valence-corrected chi connectivity index (χ1v) is 17.6. The van der Waals surface area contributed by atoms with Crippen LogP contribution in [0.3, 0.4) is 0 Å². The van der Waals surface area contributed by atoms with Gasteiger partial charge < -0.3 is 9.13 Å². The number of rotatable bonds is 5. The number of fused-ring (bicyclic) bond motifs is 6. The second kappa shape index (κ2) is 11.8. The highest BCUT2D eigenvalue weighted by Crippen LogP contribution is 2.38. The molecule has 0 unspecified atom stereocenters. The Morgan fingerprint density at radius 1 is 0.275 bits per heavy atom. The van der Waals surface area contributed by atoms with Crippen molar-refractivity contribution >= 4 is 43.6 Å². The summed E-state index contributed by atoms with van der Waals surface area (Å²) < 4.78 is 4.78. The van der Waals surface area contributed by atoms with Crippen LogP contribution in [0.15, 0.2) is 188 Å². The van der Waals surface area contributed by atoms with E-state index in [-0.39, 0.29) is 0 Å². The topological polar surface area (TPSA) is 9.86 Å². The number of aryl methyl sites for hydroxylation is 1. The third-order valence-corrected chi connectivity index (χ3v) is 10.4. The van der Waals surface area contributed by atoms with Crippen LogP contribution in [0.25, 0.3) is 88.4 Å². The smallest absolute Gasteiger partial charge is 0.0541 e. The Labute approximate surface area is 297 Å². The zero-order chi connectivity index (χ0) is 33.9. The van der Waals surface area contributed by atoms with Gasteiger partial charge in [-0.3, -0.25) is 0 Å². The van der Waals surface area contributed by atoms with Gasteiger partial charge in [0.15, 0.2) is 0 Å². The molecule has 0 spiro atoms. The number of hydrogen-bond donors (Lipinski definition) is 0. The molecule has 240 valence electrons. The van der Waals surface area contributed by atoms with Crippen LogP contribution in [0.5, 0.6) is 0 Å². The summed E-state index contributed by atoms with van der Waals surface area (Å²) in [4.78, 5) is 0. The lowest BCUT2D eigenvalue weighted by Gasteiger charge is -2.11. The van der Waals surface area contributed by atoms with E-state index in [0.29, 0.717) is 0 Å². The Morgan fingerprint density at radius 3 is 1.22 bits per heavy atom. The normalized spacial score (nSPS) is 11.6. The van der Waals surface area contributed by atoms with Crippen molar-refractivity contribution < 1.29 is 0 Å². The van der Waals surface area contributed by atoms with Gasteiger partial charge >= 0.3 is 0 Å². The van der Waals surface area contributed by atoms with Gasteiger partial charge in [0.1, 0.15) is 0 Å². The molecular weight excluding hydrogens is 617 g/mol. The van der Waals surface area contributed by atoms with E-state index in [1.807, 2.05) is 0 Å². The Kier molecular flexibility index (Phi) is 6.75. The van der Waals surface area contributed by atoms with Crippen molar-refractivity contribution in [3.63, 3.8) is 0 Å². The summed E-state index contributed by atoms with van der Waals surface area (Å²) in [6.45, 7) is 2.14. The molecule has 0 aliphatic heterocycles. The molecule has 2 heteroatoms. The lowest BCUT2D eigenvalue weighted by atomic mass is 9.99. The van der Waals surface area contributed by atoms with Gasteiger partial charge in [0.2, 0.25) is 0 Å². The average molecular weight is 651 g/mol. The van der Waals surface area contributed by atoms with Crippen molar-refractivity contribution in [1.82, 2.24) is 9.13 Å². The fourth-order valence-electron chi connectivity index (χ4n) is 7.87. The molecule has 10 aromatic rings. The molecule has 2 nitrogen and oxygen atoms in total. The van der Waals surface area contributed by atoms with Crippen molar-refractivity contribution in [2.75, 3.05) is 0 Å². The molecule has 0 atom stereocenters. The molecule has 0 bridgehead atoms. The number of aromatic nitrogens is 2. The summed E-state index contributed by atoms with van der Waals surface area (Å²) in [6, 6.07) is 68.6. The second-order valence-electron chi connectivity index (χ2n) is 13.5. The average Bonchev–Trinajstić information content (AvgIpc) is 3.71. The van der Waals surface area contributed by atoms with E-state index in [9.17, 15) is 0 Å². The fourth-order valence-corrected chi connectivity index (χ4v) is 7.87. The van der Waals surface area contributed by atoms with Crippen LogP contribution in [-0.4, -0.2) is 9.13 Å². The predicted molar refractivity (Wildman–Crippen MR) is 216 cm³/mol. The van der Waals surface area contributed by atoms with Crippen LogP contribution in [-0.2, 0) is 0 Å². The zero-order valence-corrected chi connectivity index (χ0v) is 28.3. The fraction of sp³-hybridized carbons (Fsp3) is 0.0204. The summed E-state index contributed by atoms with van der Waals surface area (Å²) in [5.74, 6) is 0. The lowest BCUT2D eigenvalue weighted by Crippen LogP contribution is -1.94. The molecule has 0 saturated heterocycles. The summed E-state index contributed by atoms with van der Waals surface area (Å²) in [5, 5.41) is 5.04. The van der Waals surface area contributed by atoms with Crippen LogP contribution < -0.4 is 0 Å². The molecule has 0 fully saturated rings. The molecule has 0 aliphatic carbocycles. The molecule has 0 N–H and O–H groups in total. The van der Waals surface area contributed by atoms with E-state index in [1.165, 1.54) is 88.2 Å². The summed E-state index contributed by atoms with van der Waals surface area (Å²) in [7, 11) is 0. The van der Waals surface area contributed by atoms with Crippen molar-refractivity contribution in [1.29, 1.82) is 0 Å². The van der Waals surface area contributed by atoms with Crippen molar-refractivity contribution in [2.45, 2.75) is 6.92 Å². The Hall–Kier alpha value is -6.64. The zero-order valence-electron chi connectivity index (χ0n) is 28.3. The summed E-state index contributed by atoms with van der Waals surface area (Å²) in [6.07, 6.45) is 0. The van der Waals surface area contributed by atoms with Crippen LogP contribution in [0.1, 0.15) is 5.56 Å². The highest BCUT2D eigenvalue weighted by atomic mass is 15.0. The van der Waals surface area contributed by atoms with E-state index in [4.69, 9.17) is 0 Å². The van der Waals surface area contributed by atoms with E-state index in [2.05, 4.69) is 204 Å². The number of hydrogen-bond acceptors (Lipinski definition) is 0. The van der Waals surface area contributed by atoms with Crippen LogP contribution in [0.4, 0.5) is 0 Å². The van der Waals surface area contributed by atoms with E-state index < -0.39 is 0 Å². The lowest BCUT2D eigenvalue weighted by molar-refractivity contribution is 1.17. The SMILES string of the molecule is Cc1ccc(-n2c3ccccc3c3cc(-c4ccc5c(c4)c4ccccc4n5-c4ccc(-c5cccc(-c6ccccc6)c5)cc4)ccc32)cc1. The highest BCUT2D eigenvalue weighted by Gasteiger charge is 2.16. The van der Waals surface area contributed by atoms with E-state index in [1.54, 1.807) is 0 Å². The Balaban J connectivity index is 1.06. The largest absolute Gasteiger partial charge is 0.309 e. The molecule has 0 amide bonds. The van der Waals surface area contributed by atoms with E-state index >= 15 is 0 Å². The van der Waals surface area contributed by atoms with Crippen LogP contribution in [0.2, 0.25) is 0 Å². The van der Waals surface area contributed by atoms with Gasteiger partial charge in [0, 0.05) is 32.9 Å². The maximum absolute atomic E-state index is 2.40. The standard InChI is InChI=1S/C49H34N2/c1-33-18-24-40(25-19-33)50-46-16-7-5-14-42(46)44-31-38(22-28-48(44)50)39-23-29-49-45(32-39)43-15-6-8-17-47(43)51(49)41-26-20-35(21-27-41)37-13-9-12-36(30-37)34-10-3-2-4-11-34/h2-32H,1H3. The quantitative estimate of drug-likeness (QED) is 0.175. The molecule has 0 aliphatic rings. The maximum atomic E-state index is 2.40. The molecule has 2 aromatic heterocycles.